The molecule has 5 rings (SSSR count). The molecule has 8 heteroatoms. The predicted molar refractivity (Wildman–Crippen MR) is 88.4 cm³/mol. The van der Waals surface area contributed by atoms with E-state index in [0.29, 0.717) is 18.3 Å². The molecule has 0 bridgehead atoms. The van der Waals surface area contributed by atoms with Gasteiger partial charge in [0.05, 0.1) is 18.0 Å². The highest BCUT2D eigenvalue weighted by atomic mass is 32.1. The molecule has 124 valence electrons. The first-order chi connectivity index (χ1) is 11.8. The molecule has 4 heterocycles. The van der Waals surface area contributed by atoms with Crippen molar-refractivity contribution in [1.29, 1.82) is 0 Å². The molecule has 1 aliphatic carbocycles. The Morgan fingerprint density at radius 2 is 2.08 bits per heavy atom. The molecule has 0 N–H and O–H groups in total. The lowest BCUT2D eigenvalue weighted by Gasteiger charge is -2.25. The molecule has 0 saturated carbocycles. The van der Waals surface area contributed by atoms with Crippen LogP contribution in [0.15, 0.2) is 16.8 Å². The fourth-order valence-electron chi connectivity index (χ4n) is 3.46. The van der Waals surface area contributed by atoms with E-state index in [9.17, 15) is 0 Å². The highest BCUT2D eigenvalue weighted by molar-refractivity contribution is 7.15. The Kier molecular flexibility index (Phi) is 3.45. The molecule has 0 amide bonds. The second kappa shape index (κ2) is 5.78. The number of hydrogen-bond acceptors (Lipinski definition) is 7. The van der Waals surface area contributed by atoms with Gasteiger partial charge in [0.2, 0.25) is 5.89 Å². The summed E-state index contributed by atoms with van der Waals surface area (Å²) in [6.45, 7) is 3.27. The van der Waals surface area contributed by atoms with Crippen molar-refractivity contribution in [3.8, 4) is 10.8 Å². The second-order valence-electron chi connectivity index (χ2n) is 6.42. The van der Waals surface area contributed by atoms with Gasteiger partial charge in [-0.1, -0.05) is 0 Å². The zero-order valence-corrected chi connectivity index (χ0v) is 14.1. The molecular formula is C16H18N6OS. The number of nitrogens with zero attached hydrogens (tertiary/aromatic N) is 6. The second-order valence-corrected chi connectivity index (χ2v) is 7.56. The van der Waals surface area contributed by atoms with Crippen LogP contribution in [0.1, 0.15) is 35.0 Å². The van der Waals surface area contributed by atoms with Crippen molar-refractivity contribution in [3.63, 3.8) is 0 Å². The highest BCUT2D eigenvalue weighted by Gasteiger charge is 2.21. The maximum atomic E-state index is 5.92. The van der Waals surface area contributed by atoms with Crippen molar-refractivity contribution >= 4 is 11.3 Å². The summed E-state index contributed by atoms with van der Waals surface area (Å²) in [4.78, 5) is 4.87. The number of aromatic nitrogens is 5. The van der Waals surface area contributed by atoms with Crippen molar-refractivity contribution in [2.24, 2.45) is 0 Å². The summed E-state index contributed by atoms with van der Waals surface area (Å²) in [5, 5.41) is 16.6. The van der Waals surface area contributed by atoms with E-state index in [1.807, 2.05) is 11.3 Å². The molecule has 7 nitrogen and oxygen atoms in total. The zero-order chi connectivity index (χ0) is 15.9. The third kappa shape index (κ3) is 2.55. The van der Waals surface area contributed by atoms with Crippen LogP contribution in [0.3, 0.4) is 0 Å². The van der Waals surface area contributed by atoms with Gasteiger partial charge in [0, 0.05) is 18.0 Å². The molecule has 2 aliphatic rings. The number of aryl methyl sites for hydroxylation is 2. The number of thiophene rings is 1. The monoisotopic (exact) mass is 342 g/mol. The Bertz CT molecular complexity index is 842. The summed E-state index contributed by atoms with van der Waals surface area (Å²) in [7, 11) is 0. The predicted octanol–water partition coefficient (Wildman–Crippen LogP) is 2.28. The van der Waals surface area contributed by atoms with Gasteiger partial charge >= 0.3 is 0 Å². The van der Waals surface area contributed by atoms with E-state index in [1.165, 1.54) is 36.1 Å². The first kappa shape index (κ1) is 14.3. The van der Waals surface area contributed by atoms with E-state index >= 15 is 0 Å². The Morgan fingerprint density at radius 3 is 3.04 bits per heavy atom. The molecule has 0 radical (unpaired) electrons. The smallest absolute Gasteiger partial charge is 0.257 e. The van der Waals surface area contributed by atoms with Crippen LogP contribution < -0.4 is 0 Å². The van der Waals surface area contributed by atoms with Crippen molar-refractivity contribution in [2.75, 3.05) is 6.54 Å². The lowest BCUT2D eigenvalue weighted by molar-refractivity contribution is 0.191. The van der Waals surface area contributed by atoms with E-state index in [2.05, 4.69) is 35.9 Å². The number of hydrogen-bond donors (Lipinski definition) is 0. The van der Waals surface area contributed by atoms with E-state index in [4.69, 9.17) is 4.42 Å². The molecule has 1 aliphatic heterocycles. The average Bonchev–Trinajstić information content (AvgIpc) is 3.33. The Balaban J connectivity index is 1.32. The fourth-order valence-corrected chi connectivity index (χ4v) is 4.63. The number of rotatable bonds is 3. The van der Waals surface area contributed by atoms with Gasteiger partial charge in [-0.05, 0) is 37.3 Å². The van der Waals surface area contributed by atoms with Crippen molar-refractivity contribution in [3.05, 3.63) is 34.5 Å². The van der Waals surface area contributed by atoms with E-state index in [0.717, 1.165) is 30.3 Å². The first-order valence-corrected chi connectivity index (χ1v) is 9.20. The van der Waals surface area contributed by atoms with Gasteiger partial charge in [-0.3, -0.25) is 4.90 Å². The summed E-state index contributed by atoms with van der Waals surface area (Å²) >= 11 is 1.81. The van der Waals surface area contributed by atoms with Crippen molar-refractivity contribution in [1.82, 2.24) is 29.9 Å². The normalized spacial score (nSPS) is 17.7. The molecule has 3 aromatic rings. The van der Waals surface area contributed by atoms with Gasteiger partial charge in [0.1, 0.15) is 12.2 Å². The summed E-state index contributed by atoms with van der Waals surface area (Å²) < 4.78 is 8.01. The zero-order valence-electron chi connectivity index (χ0n) is 13.3. The molecule has 0 unspecified atom stereocenters. The Morgan fingerprint density at radius 1 is 1.12 bits per heavy atom. The van der Waals surface area contributed by atoms with Crippen LogP contribution in [0.5, 0.6) is 0 Å². The molecule has 0 aromatic carbocycles. The van der Waals surface area contributed by atoms with Crippen molar-refractivity contribution < 1.29 is 4.42 Å². The van der Waals surface area contributed by atoms with Crippen LogP contribution in [0.25, 0.3) is 10.8 Å². The van der Waals surface area contributed by atoms with Crippen LogP contribution in [0, 0.1) is 0 Å². The minimum atomic E-state index is 0.657. The van der Waals surface area contributed by atoms with Crippen LogP contribution in [0.2, 0.25) is 0 Å². The van der Waals surface area contributed by atoms with Crippen molar-refractivity contribution in [2.45, 2.75) is 45.3 Å². The van der Waals surface area contributed by atoms with Crippen LogP contribution in [-0.4, -0.2) is 36.4 Å². The minimum Gasteiger partial charge on any atom is -0.419 e. The Hall–Kier alpha value is -2.06. The van der Waals surface area contributed by atoms with E-state index in [-0.39, 0.29) is 0 Å². The lowest BCUT2D eigenvalue weighted by Crippen LogP contribution is -2.33. The van der Waals surface area contributed by atoms with E-state index < -0.39 is 0 Å². The quantitative estimate of drug-likeness (QED) is 0.727. The first-order valence-electron chi connectivity index (χ1n) is 8.38. The van der Waals surface area contributed by atoms with Gasteiger partial charge in [-0.2, -0.15) is 0 Å². The fraction of sp³-hybridized carbons (Fsp3) is 0.500. The number of fused-ring (bicyclic) bond motifs is 2. The van der Waals surface area contributed by atoms with Gasteiger partial charge in [0.15, 0.2) is 0 Å². The average molecular weight is 342 g/mol. The van der Waals surface area contributed by atoms with Gasteiger partial charge in [-0.25, -0.2) is 0 Å². The maximum Gasteiger partial charge on any atom is 0.257 e. The summed E-state index contributed by atoms with van der Waals surface area (Å²) in [6, 6.07) is 2.24. The SMILES string of the molecule is c1c(-c2nnc(CN3CCn4cnnc4C3)o2)sc2c1CCCC2. The third-order valence-corrected chi connectivity index (χ3v) is 5.98. The summed E-state index contributed by atoms with van der Waals surface area (Å²) in [6.07, 6.45) is 6.74. The minimum absolute atomic E-state index is 0.657. The molecule has 3 aromatic heterocycles. The molecule has 0 atom stereocenters. The van der Waals surface area contributed by atoms with Crippen LogP contribution in [-0.2, 0) is 32.5 Å². The van der Waals surface area contributed by atoms with Gasteiger partial charge in [0.25, 0.3) is 5.89 Å². The van der Waals surface area contributed by atoms with E-state index in [1.54, 1.807) is 6.33 Å². The summed E-state index contributed by atoms with van der Waals surface area (Å²) in [5.74, 6) is 2.32. The van der Waals surface area contributed by atoms with Gasteiger partial charge < -0.3 is 8.98 Å². The summed E-state index contributed by atoms with van der Waals surface area (Å²) in [5.41, 5.74) is 1.47. The topological polar surface area (TPSA) is 72.9 Å². The molecular weight excluding hydrogens is 324 g/mol. The third-order valence-electron chi connectivity index (χ3n) is 4.75. The lowest BCUT2D eigenvalue weighted by atomic mass is 9.99. The molecule has 0 saturated heterocycles. The highest BCUT2D eigenvalue weighted by Crippen LogP contribution is 2.35. The Labute approximate surface area is 143 Å². The largest absolute Gasteiger partial charge is 0.419 e. The molecule has 0 fully saturated rings. The molecule has 24 heavy (non-hydrogen) atoms. The maximum absolute atomic E-state index is 5.92. The molecule has 0 spiro atoms. The van der Waals surface area contributed by atoms with Gasteiger partial charge in [-0.15, -0.1) is 31.7 Å². The van der Waals surface area contributed by atoms with Crippen LogP contribution >= 0.6 is 11.3 Å². The van der Waals surface area contributed by atoms with Crippen LogP contribution in [0.4, 0.5) is 0 Å². The standard InChI is InChI=1S/C16H18N6OS/c1-2-4-12-11(3-1)7-13(24-12)16-20-19-15(23-16)9-21-5-6-22-10-17-18-14(22)8-21/h7,10H,1-6,8-9H2.